The number of carboxylic acid groups (broad SMARTS) is 1. The molecule has 0 atom stereocenters. The number of carbonyl (C=O) groups is 1. The number of carboxylic acids is 1. The Bertz CT molecular complexity index is 293. The summed E-state index contributed by atoms with van der Waals surface area (Å²) in [4.78, 5) is 13.9. The summed E-state index contributed by atoms with van der Waals surface area (Å²) in [6.07, 6.45) is 9.98. The molecule has 10 heteroatoms. The quantitative estimate of drug-likeness (QED) is 0.309. The Morgan fingerprint density at radius 2 is 1.52 bits per heavy atom. The van der Waals surface area contributed by atoms with Gasteiger partial charge in [0.2, 0.25) is 0 Å². The number of rotatable bonds is 3. The maximum absolute atomic E-state index is 10.1. The first-order valence-electron chi connectivity index (χ1n) is 5.79. The van der Waals surface area contributed by atoms with Crippen molar-refractivity contribution in [3.8, 4) is 0 Å². The van der Waals surface area contributed by atoms with E-state index in [1.807, 2.05) is 18.2 Å². The minimum absolute atomic E-state index is 0. The van der Waals surface area contributed by atoms with Crippen LogP contribution >= 0.6 is 0 Å². The molecule has 0 aliphatic heterocycles. The van der Waals surface area contributed by atoms with E-state index < -0.39 is 5.97 Å². The summed E-state index contributed by atoms with van der Waals surface area (Å²) in [5.41, 5.74) is 0. The van der Waals surface area contributed by atoms with Crippen molar-refractivity contribution in [2.24, 2.45) is 0 Å². The molecule has 0 aromatic carbocycles. The maximum atomic E-state index is 10.1. The molecule has 0 saturated heterocycles. The van der Waals surface area contributed by atoms with Crippen molar-refractivity contribution in [3.63, 3.8) is 0 Å². The SMILES string of the molecule is O=C(O)COC1CC[CH-]CC1.[Cl-].[Cl-].[Cl-].[Cl-].[Cl-].[Sb+5].c1ccncc1. The second-order valence-electron chi connectivity index (χ2n) is 3.79. The van der Waals surface area contributed by atoms with E-state index in [0.717, 1.165) is 25.7 Å². The molecule has 2 rings (SSSR count). The zero-order chi connectivity index (χ0) is 12.3. The van der Waals surface area contributed by atoms with Crippen LogP contribution in [0.5, 0.6) is 0 Å². The molecule has 1 aliphatic carbocycles. The van der Waals surface area contributed by atoms with Crippen LogP contribution in [0.25, 0.3) is 0 Å². The Hall–Kier alpha value is 0.848. The first kappa shape index (κ1) is 39.1. The zero-order valence-corrected chi connectivity index (χ0v) is 18.5. The van der Waals surface area contributed by atoms with E-state index in [0.29, 0.717) is 0 Å². The van der Waals surface area contributed by atoms with E-state index in [1.165, 1.54) is 0 Å². The van der Waals surface area contributed by atoms with Crippen LogP contribution in [0.4, 0.5) is 0 Å². The Morgan fingerprint density at radius 1 is 1.04 bits per heavy atom. The van der Waals surface area contributed by atoms with Gasteiger partial charge in [0.15, 0.2) is 0 Å². The number of pyridine rings is 1. The molecule has 0 radical (unpaired) electrons. The molecule has 23 heavy (non-hydrogen) atoms. The third-order valence-electron chi connectivity index (χ3n) is 2.39. The Balaban J connectivity index is -0.0000000540. The normalized spacial score (nSPS) is 11.7. The molecule has 1 heterocycles. The summed E-state index contributed by atoms with van der Waals surface area (Å²) in [7, 11) is 0. The molecule has 1 fully saturated rings. The van der Waals surface area contributed by atoms with Crippen molar-refractivity contribution in [1.29, 1.82) is 0 Å². The zero-order valence-electron chi connectivity index (χ0n) is 12.1. The van der Waals surface area contributed by atoms with Crippen LogP contribution in [-0.2, 0) is 9.53 Å². The van der Waals surface area contributed by atoms with Crippen molar-refractivity contribution in [2.45, 2.75) is 31.8 Å². The molecule has 1 N–H and O–H groups in total. The molecule has 1 aliphatic rings. The molecule has 1 aromatic heterocycles. The van der Waals surface area contributed by atoms with E-state index in [9.17, 15) is 4.79 Å². The minimum Gasteiger partial charge on any atom is -1.00 e. The molecule has 1 saturated carbocycles. The average Bonchev–Trinajstić information content (AvgIpc) is 2.40. The van der Waals surface area contributed by atoms with Crippen molar-refractivity contribution in [2.75, 3.05) is 6.61 Å². The van der Waals surface area contributed by atoms with Crippen molar-refractivity contribution < 1.29 is 76.7 Å². The van der Waals surface area contributed by atoms with Crippen LogP contribution in [0.15, 0.2) is 30.6 Å². The second kappa shape index (κ2) is 27.7. The van der Waals surface area contributed by atoms with Gasteiger partial charge in [0.25, 0.3) is 0 Å². The number of ether oxygens (including phenoxy) is 1. The summed E-state index contributed by atoms with van der Waals surface area (Å²) in [6, 6.07) is 5.72. The molecule has 0 amide bonds. The molecule has 134 valence electrons. The summed E-state index contributed by atoms with van der Waals surface area (Å²) in [5.74, 6) is -0.875. The number of hydrogen-bond acceptors (Lipinski definition) is 3. The van der Waals surface area contributed by atoms with Gasteiger partial charge < -0.3 is 78.3 Å². The Labute approximate surface area is 186 Å². The Kier molecular flexibility index (Phi) is 47.0. The van der Waals surface area contributed by atoms with Gasteiger partial charge in [-0.25, -0.2) is 4.79 Å². The largest absolute Gasteiger partial charge is 5.00 e. The monoisotopic (exact) mass is 532 g/mol. The second-order valence-corrected chi connectivity index (χ2v) is 3.79. The van der Waals surface area contributed by atoms with Gasteiger partial charge in [0, 0.05) is 12.4 Å². The molecule has 1 aromatic rings. The van der Waals surface area contributed by atoms with Gasteiger partial charge in [0.1, 0.15) is 6.61 Å². The minimum atomic E-state index is -0.875. The topological polar surface area (TPSA) is 59.4 Å². The van der Waals surface area contributed by atoms with E-state index in [1.54, 1.807) is 12.4 Å². The van der Waals surface area contributed by atoms with E-state index >= 15 is 0 Å². The molecular formula is C13H18Cl5NO3Sb-. The number of aliphatic carboxylic acids is 1. The van der Waals surface area contributed by atoms with Crippen LogP contribution in [0, 0.1) is 6.42 Å². The molecule has 0 spiro atoms. The predicted octanol–water partition coefficient (Wildman–Crippen LogP) is -13.0. The van der Waals surface area contributed by atoms with Gasteiger partial charge in [-0.2, -0.15) is 12.8 Å². The summed E-state index contributed by atoms with van der Waals surface area (Å²) < 4.78 is 5.12. The molecular weight excluding hydrogens is 517 g/mol. The van der Waals surface area contributed by atoms with Gasteiger partial charge in [-0.05, 0) is 12.1 Å². The maximum Gasteiger partial charge on any atom is 5.00 e. The summed E-state index contributed by atoms with van der Waals surface area (Å²) in [5, 5.41) is 8.31. The number of hydrogen-bond donors (Lipinski definition) is 1. The fourth-order valence-electron chi connectivity index (χ4n) is 1.56. The molecule has 4 nitrogen and oxygen atoms in total. The van der Waals surface area contributed by atoms with Crippen LogP contribution in [0.3, 0.4) is 0 Å². The average molecular weight is 535 g/mol. The van der Waals surface area contributed by atoms with Crippen LogP contribution in [0.1, 0.15) is 25.7 Å². The van der Waals surface area contributed by atoms with E-state index in [4.69, 9.17) is 9.84 Å². The predicted molar refractivity (Wildman–Crippen MR) is 70.1 cm³/mol. The van der Waals surface area contributed by atoms with Gasteiger partial charge in [-0.15, -0.1) is 0 Å². The summed E-state index contributed by atoms with van der Waals surface area (Å²) >= 11 is 0. The van der Waals surface area contributed by atoms with Crippen molar-refractivity contribution in [3.05, 3.63) is 37.0 Å². The first-order valence-corrected chi connectivity index (χ1v) is 5.79. The van der Waals surface area contributed by atoms with Crippen LogP contribution in [0.2, 0.25) is 0 Å². The number of halogens is 5. The van der Waals surface area contributed by atoms with Crippen LogP contribution < -0.4 is 62.0 Å². The fraction of sp³-hybridized carbons (Fsp3) is 0.462. The van der Waals surface area contributed by atoms with Gasteiger partial charge >= 0.3 is 30.4 Å². The number of nitrogens with zero attached hydrogens (tertiary/aromatic N) is 1. The fourth-order valence-corrected chi connectivity index (χ4v) is 1.56. The standard InChI is InChI=1S/C8H13O3.C5H5N.5ClH.Sb/c9-8(10)6-11-7-4-2-1-3-5-7;1-2-4-6-5-3-1;;;;;;/h1,7H,2-6H2,(H,9,10);1-5H;5*1H;/q-1;;;;;;;+5/p-5. The van der Waals surface area contributed by atoms with Crippen molar-refractivity contribution in [1.82, 2.24) is 4.98 Å². The van der Waals surface area contributed by atoms with E-state index in [-0.39, 0.29) is 99.2 Å². The molecule has 0 unspecified atom stereocenters. The summed E-state index contributed by atoms with van der Waals surface area (Å²) in [6.45, 7) is -0.148. The smallest absolute Gasteiger partial charge is 1.00 e. The first-order chi connectivity index (χ1) is 8.29. The number of aromatic nitrogens is 1. The van der Waals surface area contributed by atoms with Crippen molar-refractivity contribution >= 4 is 30.4 Å². The van der Waals surface area contributed by atoms with Crippen LogP contribution in [-0.4, -0.2) is 53.2 Å². The van der Waals surface area contributed by atoms with Gasteiger partial charge in [-0.3, -0.25) is 4.98 Å². The Morgan fingerprint density at radius 3 is 1.83 bits per heavy atom. The molecule has 0 bridgehead atoms. The van der Waals surface area contributed by atoms with Gasteiger partial charge in [0.05, 0.1) is 6.10 Å². The van der Waals surface area contributed by atoms with E-state index in [2.05, 4.69) is 11.4 Å². The third kappa shape index (κ3) is 25.2. The van der Waals surface area contributed by atoms with Gasteiger partial charge in [-0.1, -0.05) is 18.9 Å². The third-order valence-corrected chi connectivity index (χ3v) is 2.39.